The largest absolute Gasteiger partial charge is 0.493 e. The first-order valence-corrected chi connectivity index (χ1v) is 7.66. The van der Waals surface area contributed by atoms with Gasteiger partial charge in [0.05, 0.1) is 13.2 Å². The Kier molecular flexibility index (Phi) is 4.55. The number of nitrogens with one attached hydrogen (secondary N) is 1. The molecule has 0 bridgehead atoms. The van der Waals surface area contributed by atoms with E-state index in [-0.39, 0.29) is 6.61 Å². The fourth-order valence-electron chi connectivity index (χ4n) is 3.20. The van der Waals surface area contributed by atoms with Gasteiger partial charge in [-0.25, -0.2) is 0 Å². The smallest absolute Gasteiger partial charge is 0.122 e. The van der Waals surface area contributed by atoms with Crippen LogP contribution in [-0.2, 0) is 13.0 Å². The molecule has 110 valence electrons. The van der Waals surface area contributed by atoms with Crippen LogP contribution in [0, 0.1) is 0 Å². The summed E-state index contributed by atoms with van der Waals surface area (Å²) in [5.41, 5.74) is 2.64. The maximum Gasteiger partial charge on any atom is 0.122 e. The number of fused-ring (bicyclic) bond motifs is 1. The van der Waals surface area contributed by atoms with Crippen LogP contribution in [0.5, 0.6) is 5.75 Å². The Hall–Kier alpha value is -1.10. The second-order valence-electron chi connectivity index (χ2n) is 5.79. The van der Waals surface area contributed by atoms with E-state index in [0.29, 0.717) is 6.04 Å². The minimum atomic E-state index is 0.223. The van der Waals surface area contributed by atoms with Gasteiger partial charge >= 0.3 is 0 Å². The van der Waals surface area contributed by atoms with Crippen molar-refractivity contribution in [3.05, 3.63) is 29.3 Å². The average molecular weight is 276 g/mol. The van der Waals surface area contributed by atoms with Gasteiger partial charge in [0.1, 0.15) is 5.75 Å². The molecule has 1 aromatic rings. The van der Waals surface area contributed by atoms with E-state index in [0.717, 1.165) is 45.0 Å². The van der Waals surface area contributed by atoms with Crippen LogP contribution < -0.4 is 10.1 Å². The SMILES string of the molecule is OCCN(Cc1ccc2c(c1)CCO2)CC1CCCN1. The molecule has 1 saturated heterocycles. The summed E-state index contributed by atoms with van der Waals surface area (Å²) in [5.74, 6) is 1.04. The highest BCUT2D eigenvalue weighted by atomic mass is 16.5. The second kappa shape index (κ2) is 6.57. The molecule has 0 saturated carbocycles. The molecular formula is C16H24N2O2. The lowest BCUT2D eigenvalue weighted by atomic mass is 10.1. The molecule has 1 aromatic carbocycles. The summed E-state index contributed by atoms with van der Waals surface area (Å²) >= 11 is 0. The summed E-state index contributed by atoms with van der Waals surface area (Å²) in [7, 11) is 0. The number of rotatable bonds is 6. The minimum Gasteiger partial charge on any atom is -0.493 e. The molecule has 20 heavy (non-hydrogen) atoms. The van der Waals surface area contributed by atoms with Crippen molar-refractivity contribution in [2.24, 2.45) is 0 Å². The number of nitrogens with zero attached hydrogens (tertiary/aromatic N) is 1. The van der Waals surface area contributed by atoms with Crippen LogP contribution in [0.15, 0.2) is 18.2 Å². The van der Waals surface area contributed by atoms with E-state index in [4.69, 9.17) is 4.74 Å². The standard InChI is InChI=1S/C16H24N2O2/c19-8-7-18(12-15-2-1-6-17-15)11-13-3-4-16-14(10-13)5-9-20-16/h3-4,10,15,17,19H,1-2,5-9,11-12H2. The van der Waals surface area contributed by atoms with E-state index in [1.54, 1.807) is 0 Å². The zero-order valence-corrected chi connectivity index (χ0v) is 12.0. The van der Waals surface area contributed by atoms with Gasteiger partial charge in [-0.05, 0) is 36.6 Å². The first-order chi connectivity index (χ1) is 9.85. The number of hydrogen-bond acceptors (Lipinski definition) is 4. The molecule has 1 atom stereocenters. The van der Waals surface area contributed by atoms with Gasteiger partial charge in [0.15, 0.2) is 0 Å². The molecule has 0 aromatic heterocycles. The molecule has 2 N–H and O–H groups in total. The lowest BCUT2D eigenvalue weighted by Gasteiger charge is -2.25. The molecule has 4 heteroatoms. The Labute approximate surface area is 120 Å². The normalized spacial score (nSPS) is 21.2. The van der Waals surface area contributed by atoms with Crippen LogP contribution in [0.4, 0.5) is 0 Å². The molecule has 2 aliphatic rings. The van der Waals surface area contributed by atoms with Crippen molar-refractivity contribution in [2.45, 2.75) is 31.8 Å². The number of aliphatic hydroxyl groups is 1. The Bertz CT molecular complexity index is 444. The van der Waals surface area contributed by atoms with E-state index >= 15 is 0 Å². The zero-order valence-electron chi connectivity index (χ0n) is 12.0. The second-order valence-corrected chi connectivity index (χ2v) is 5.79. The quantitative estimate of drug-likeness (QED) is 0.818. The molecule has 4 nitrogen and oxygen atoms in total. The van der Waals surface area contributed by atoms with E-state index in [1.165, 1.54) is 24.0 Å². The Balaban J connectivity index is 1.62. The van der Waals surface area contributed by atoms with Crippen molar-refractivity contribution in [3.8, 4) is 5.75 Å². The summed E-state index contributed by atoms with van der Waals surface area (Å²) in [6.45, 7) is 4.84. The fourth-order valence-corrected chi connectivity index (χ4v) is 3.20. The van der Waals surface area contributed by atoms with Crippen molar-refractivity contribution in [1.29, 1.82) is 0 Å². The summed E-state index contributed by atoms with van der Waals surface area (Å²) < 4.78 is 5.55. The number of ether oxygens (including phenoxy) is 1. The molecule has 2 aliphatic heterocycles. The molecule has 0 amide bonds. The topological polar surface area (TPSA) is 44.7 Å². The van der Waals surface area contributed by atoms with Crippen molar-refractivity contribution in [1.82, 2.24) is 10.2 Å². The van der Waals surface area contributed by atoms with E-state index in [1.807, 2.05) is 0 Å². The van der Waals surface area contributed by atoms with Crippen molar-refractivity contribution >= 4 is 0 Å². The van der Waals surface area contributed by atoms with Crippen molar-refractivity contribution in [2.75, 3.05) is 32.8 Å². The van der Waals surface area contributed by atoms with Gasteiger partial charge < -0.3 is 15.2 Å². The van der Waals surface area contributed by atoms with Crippen LogP contribution in [-0.4, -0.2) is 48.9 Å². The van der Waals surface area contributed by atoms with E-state index in [2.05, 4.69) is 28.4 Å². The molecule has 3 rings (SSSR count). The number of benzene rings is 1. The molecule has 1 unspecified atom stereocenters. The Morgan fingerprint density at radius 1 is 1.40 bits per heavy atom. The molecule has 0 aliphatic carbocycles. The van der Waals surface area contributed by atoms with Gasteiger partial charge in [0.2, 0.25) is 0 Å². The van der Waals surface area contributed by atoms with E-state index in [9.17, 15) is 5.11 Å². The highest BCUT2D eigenvalue weighted by Gasteiger charge is 2.18. The first-order valence-electron chi connectivity index (χ1n) is 7.66. The summed E-state index contributed by atoms with van der Waals surface area (Å²) in [6.07, 6.45) is 3.54. The molecule has 1 fully saturated rings. The predicted molar refractivity (Wildman–Crippen MR) is 79.0 cm³/mol. The van der Waals surface area contributed by atoms with Crippen LogP contribution in [0.2, 0.25) is 0 Å². The highest BCUT2D eigenvalue weighted by molar-refractivity contribution is 5.39. The third-order valence-electron chi connectivity index (χ3n) is 4.22. The lowest BCUT2D eigenvalue weighted by Crippen LogP contribution is -2.38. The Morgan fingerprint density at radius 2 is 2.35 bits per heavy atom. The van der Waals surface area contributed by atoms with Crippen molar-refractivity contribution < 1.29 is 9.84 Å². The maximum atomic E-state index is 9.26. The monoisotopic (exact) mass is 276 g/mol. The van der Waals surface area contributed by atoms with Crippen molar-refractivity contribution in [3.63, 3.8) is 0 Å². The molecule has 2 heterocycles. The summed E-state index contributed by atoms with van der Waals surface area (Å²) in [4.78, 5) is 2.35. The maximum absolute atomic E-state index is 9.26. The van der Waals surface area contributed by atoms with Gasteiger partial charge in [0.25, 0.3) is 0 Å². The number of hydrogen-bond donors (Lipinski definition) is 2. The average Bonchev–Trinajstić information content (AvgIpc) is 3.09. The number of aliphatic hydroxyl groups excluding tert-OH is 1. The first kappa shape index (κ1) is 13.9. The van der Waals surface area contributed by atoms with Gasteiger partial charge in [-0.3, -0.25) is 4.90 Å². The molecular weight excluding hydrogens is 252 g/mol. The van der Waals surface area contributed by atoms with Crippen LogP contribution in [0.3, 0.4) is 0 Å². The predicted octanol–water partition coefficient (Wildman–Crippen LogP) is 1.17. The third-order valence-corrected chi connectivity index (χ3v) is 4.22. The van der Waals surface area contributed by atoms with Crippen LogP contribution >= 0.6 is 0 Å². The summed E-state index contributed by atoms with van der Waals surface area (Å²) in [5, 5.41) is 12.8. The molecule has 0 spiro atoms. The van der Waals surface area contributed by atoms with Gasteiger partial charge in [-0.1, -0.05) is 12.1 Å². The van der Waals surface area contributed by atoms with E-state index < -0.39 is 0 Å². The fraction of sp³-hybridized carbons (Fsp3) is 0.625. The zero-order chi connectivity index (χ0) is 13.8. The third kappa shape index (κ3) is 3.32. The summed E-state index contributed by atoms with van der Waals surface area (Å²) in [6, 6.07) is 7.08. The van der Waals surface area contributed by atoms with Crippen LogP contribution in [0.25, 0.3) is 0 Å². The van der Waals surface area contributed by atoms with Gasteiger partial charge in [-0.15, -0.1) is 0 Å². The van der Waals surface area contributed by atoms with Crippen LogP contribution in [0.1, 0.15) is 24.0 Å². The van der Waals surface area contributed by atoms with Gasteiger partial charge in [-0.2, -0.15) is 0 Å². The Morgan fingerprint density at radius 3 is 3.15 bits per heavy atom. The van der Waals surface area contributed by atoms with Gasteiger partial charge in [0, 0.05) is 32.1 Å². The highest BCUT2D eigenvalue weighted by Crippen LogP contribution is 2.26. The lowest BCUT2D eigenvalue weighted by molar-refractivity contribution is 0.179. The molecule has 0 radical (unpaired) electrons. The minimum absolute atomic E-state index is 0.223.